The van der Waals surface area contributed by atoms with Crippen LogP contribution in [0.1, 0.15) is 0 Å². The van der Waals surface area contributed by atoms with Crippen molar-refractivity contribution < 1.29 is 9.53 Å². The van der Waals surface area contributed by atoms with Crippen LogP contribution in [-0.4, -0.2) is 28.0 Å². The Labute approximate surface area is 56.6 Å². The number of nitrogen functional groups attached to an aromatic ring is 1. The number of rotatable bonds is 0. The molecule has 1 aromatic rings. The number of ether oxygens (including phenoxy) is 1. The van der Waals surface area contributed by atoms with Crippen LogP contribution < -0.4 is 5.73 Å². The number of anilines is 1. The van der Waals surface area contributed by atoms with Gasteiger partial charge in [0, 0.05) is 0 Å². The van der Waals surface area contributed by atoms with Gasteiger partial charge in [-0.15, -0.1) is 9.78 Å². The minimum atomic E-state index is -0.644. The summed E-state index contributed by atoms with van der Waals surface area (Å²) in [6.07, 6.45) is 0.529. The van der Waals surface area contributed by atoms with Crippen molar-refractivity contribution in [2.24, 2.45) is 0 Å². The van der Waals surface area contributed by atoms with Gasteiger partial charge < -0.3 is 10.5 Å². The van der Waals surface area contributed by atoms with E-state index in [4.69, 9.17) is 5.73 Å². The lowest BCUT2D eigenvalue weighted by Crippen LogP contribution is -2.15. The normalized spacial score (nSPS) is 9.30. The van der Waals surface area contributed by atoms with Crippen molar-refractivity contribution >= 4 is 12.0 Å². The fourth-order valence-electron chi connectivity index (χ4n) is 0.478. The first-order chi connectivity index (χ1) is 4.75. The average molecular weight is 142 g/mol. The predicted molar refractivity (Wildman–Crippen MR) is 32.2 cm³/mol. The quantitative estimate of drug-likeness (QED) is 0.526. The van der Waals surface area contributed by atoms with Crippen LogP contribution >= 0.6 is 0 Å². The Morgan fingerprint density at radius 3 is 3.00 bits per heavy atom. The monoisotopic (exact) mass is 142 g/mol. The van der Waals surface area contributed by atoms with E-state index in [1.807, 2.05) is 0 Å². The van der Waals surface area contributed by atoms with Gasteiger partial charge in [0.05, 0.1) is 7.11 Å². The standard InChI is InChI=1S/C4H6N4O2/c1-10-4(9)8-3(5)6-2-7-8/h2H,1H3,(H2,5,6,7). The highest BCUT2D eigenvalue weighted by Gasteiger charge is 2.07. The number of hydrogen-bond acceptors (Lipinski definition) is 5. The summed E-state index contributed by atoms with van der Waals surface area (Å²) in [6.45, 7) is 0. The second-order valence-corrected chi connectivity index (χ2v) is 1.50. The first-order valence-electron chi connectivity index (χ1n) is 2.49. The summed E-state index contributed by atoms with van der Waals surface area (Å²) in [4.78, 5) is 14.2. The van der Waals surface area contributed by atoms with Crippen LogP contribution in [0.5, 0.6) is 0 Å². The Kier molecular flexibility index (Phi) is 1.53. The highest BCUT2D eigenvalue weighted by molar-refractivity contribution is 5.71. The number of methoxy groups -OCH3 is 1. The Hall–Kier alpha value is -1.59. The van der Waals surface area contributed by atoms with Crippen LogP contribution in [0, 0.1) is 0 Å². The van der Waals surface area contributed by atoms with Crippen LogP contribution in [0.15, 0.2) is 6.33 Å². The van der Waals surface area contributed by atoms with E-state index in [1.54, 1.807) is 0 Å². The number of aromatic nitrogens is 3. The minimum absolute atomic E-state index is 0.0202. The largest absolute Gasteiger partial charge is 0.451 e. The zero-order valence-electron chi connectivity index (χ0n) is 5.31. The lowest BCUT2D eigenvalue weighted by Gasteiger charge is -1.96. The predicted octanol–water partition coefficient (Wildman–Crippen LogP) is -0.525. The molecule has 6 heteroatoms. The van der Waals surface area contributed by atoms with Crippen LogP contribution in [-0.2, 0) is 4.74 Å². The fraction of sp³-hybridized carbons (Fsp3) is 0.250. The molecule has 0 aliphatic carbocycles. The summed E-state index contributed by atoms with van der Waals surface area (Å²) >= 11 is 0. The van der Waals surface area contributed by atoms with Gasteiger partial charge in [0.1, 0.15) is 6.33 Å². The zero-order valence-corrected chi connectivity index (χ0v) is 5.31. The third-order valence-corrected chi connectivity index (χ3v) is 0.922. The van der Waals surface area contributed by atoms with Gasteiger partial charge in [0.2, 0.25) is 5.95 Å². The van der Waals surface area contributed by atoms with Gasteiger partial charge in [0.15, 0.2) is 0 Å². The van der Waals surface area contributed by atoms with Gasteiger partial charge in [0.25, 0.3) is 0 Å². The van der Waals surface area contributed by atoms with Crippen LogP contribution in [0.4, 0.5) is 10.7 Å². The molecule has 0 unspecified atom stereocenters. The first kappa shape index (κ1) is 6.53. The molecular weight excluding hydrogens is 136 g/mol. The van der Waals surface area contributed by atoms with Crippen molar-refractivity contribution in [1.29, 1.82) is 0 Å². The Morgan fingerprint density at radius 1 is 1.90 bits per heavy atom. The van der Waals surface area contributed by atoms with E-state index in [9.17, 15) is 4.79 Å². The molecule has 0 amide bonds. The van der Waals surface area contributed by atoms with Crippen molar-refractivity contribution in [1.82, 2.24) is 14.8 Å². The molecule has 0 spiro atoms. The van der Waals surface area contributed by atoms with Gasteiger partial charge >= 0.3 is 6.09 Å². The van der Waals surface area contributed by atoms with Crippen LogP contribution in [0.2, 0.25) is 0 Å². The van der Waals surface area contributed by atoms with E-state index in [2.05, 4.69) is 14.8 Å². The SMILES string of the molecule is COC(=O)n1ncnc1N. The molecule has 10 heavy (non-hydrogen) atoms. The molecule has 0 atom stereocenters. The van der Waals surface area contributed by atoms with Gasteiger partial charge in [-0.2, -0.15) is 4.98 Å². The molecule has 1 heterocycles. The number of carbonyl (C=O) groups excluding carboxylic acids is 1. The molecule has 2 N–H and O–H groups in total. The van der Waals surface area contributed by atoms with Crippen molar-refractivity contribution in [3.05, 3.63) is 6.33 Å². The van der Waals surface area contributed by atoms with E-state index >= 15 is 0 Å². The van der Waals surface area contributed by atoms with E-state index in [0.29, 0.717) is 0 Å². The van der Waals surface area contributed by atoms with Crippen molar-refractivity contribution in [3.63, 3.8) is 0 Å². The second-order valence-electron chi connectivity index (χ2n) is 1.50. The molecule has 0 aliphatic rings. The molecule has 54 valence electrons. The van der Waals surface area contributed by atoms with Crippen molar-refractivity contribution in [2.75, 3.05) is 12.8 Å². The maximum atomic E-state index is 10.7. The van der Waals surface area contributed by atoms with E-state index in [1.165, 1.54) is 13.4 Å². The highest BCUT2D eigenvalue weighted by Crippen LogP contribution is 1.93. The summed E-state index contributed by atoms with van der Waals surface area (Å²) in [5.41, 5.74) is 5.21. The second kappa shape index (κ2) is 2.34. The Bertz CT molecular complexity index is 243. The number of hydrogen-bond donors (Lipinski definition) is 1. The summed E-state index contributed by atoms with van der Waals surface area (Å²) in [5.74, 6) is 0.0202. The maximum absolute atomic E-state index is 10.7. The molecule has 0 saturated heterocycles. The fourth-order valence-corrected chi connectivity index (χ4v) is 0.478. The topological polar surface area (TPSA) is 83.0 Å². The van der Waals surface area contributed by atoms with Gasteiger partial charge in [-0.25, -0.2) is 4.79 Å². The van der Waals surface area contributed by atoms with E-state index in [-0.39, 0.29) is 5.95 Å². The summed E-state index contributed by atoms with van der Waals surface area (Å²) in [7, 11) is 1.24. The summed E-state index contributed by atoms with van der Waals surface area (Å²) in [5, 5.41) is 3.49. The van der Waals surface area contributed by atoms with Crippen LogP contribution in [0.3, 0.4) is 0 Å². The molecule has 1 rings (SSSR count). The van der Waals surface area contributed by atoms with Crippen molar-refractivity contribution in [2.45, 2.75) is 0 Å². The van der Waals surface area contributed by atoms with Gasteiger partial charge in [-0.05, 0) is 0 Å². The first-order valence-corrected chi connectivity index (χ1v) is 2.49. The van der Waals surface area contributed by atoms with E-state index in [0.717, 1.165) is 4.68 Å². The molecule has 6 nitrogen and oxygen atoms in total. The summed E-state index contributed by atoms with van der Waals surface area (Å²) < 4.78 is 5.18. The van der Waals surface area contributed by atoms with E-state index < -0.39 is 6.09 Å². The molecule has 0 aliphatic heterocycles. The lowest BCUT2D eigenvalue weighted by molar-refractivity contribution is 0.170. The third-order valence-electron chi connectivity index (χ3n) is 0.922. The number of carbonyl (C=O) groups is 1. The lowest BCUT2D eigenvalue weighted by atomic mass is 11.0. The zero-order chi connectivity index (χ0) is 7.56. The smallest absolute Gasteiger partial charge is 0.437 e. The molecular formula is C4H6N4O2. The number of nitrogens with zero attached hydrogens (tertiary/aromatic N) is 3. The average Bonchev–Trinajstić information content (AvgIpc) is 2.34. The van der Waals surface area contributed by atoms with Crippen molar-refractivity contribution in [3.8, 4) is 0 Å². The minimum Gasteiger partial charge on any atom is -0.451 e. The molecule has 0 fully saturated rings. The highest BCUT2D eigenvalue weighted by atomic mass is 16.5. The third kappa shape index (κ3) is 0.903. The Morgan fingerprint density at radius 2 is 2.60 bits per heavy atom. The maximum Gasteiger partial charge on any atom is 0.437 e. The Balaban J connectivity index is 2.93. The van der Waals surface area contributed by atoms with Crippen LogP contribution in [0.25, 0.3) is 0 Å². The number of nitrogens with two attached hydrogens (primary N) is 1. The van der Waals surface area contributed by atoms with Gasteiger partial charge in [-0.1, -0.05) is 0 Å². The van der Waals surface area contributed by atoms with Gasteiger partial charge in [-0.3, -0.25) is 0 Å². The molecule has 0 bridgehead atoms. The molecule has 0 radical (unpaired) electrons. The summed E-state index contributed by atoms with van der Waals surface area (Å²) in [6, 6.07) is 0. The molecule has 0 aromatic carbocycles. The molecule has 0 saturated carbocycles. The molecule has 1 aromatic heterocycles.